The maximum Gasteiger partial charge on any atom is 0.270 e. The number of hydrogen-bond acceptors (Lipinski definition) is 5. The molecule has 0 unspecified atom stereocenters. The molecule has 8 heteroatoms. The Morgan fingerprint density at radius 1 is 1.00 bits per heavy atom. The molecule has 128 valence electrons. The van der Waals surface area contributed by atoms with E-state index in [1.807, 2.05) is 17.5 Å². The lowest BCUT2D eigenvalue weighted by Gasteiger charge is -2.07. The van der Waals surface area contributed by atoms with Gasteiger partial charge in [0.05, 0.1) is 15.5 Å². The molecule has 1 aromatic carbocycles. The maximum atomic E-state index is 12.1. The van der Waals surface area contributed by atoms with Crippen LogP contribution in [0.3, 0.4) is 0 Å². The third kappa shape index (κ3) is 4.45. The van der Waals surface area contributed by atoms with E-state index in [0.29, 0.717) is 29.4 Å². The topological polar surface area (TPSA) is 71.1 Å². The van der Waals surface area contributed by atoms with Crippen molar-refractivity contribution >= 4 is 46.1 Å². The minimum absolute atomic E-state index is 0.258. The van der Waals surface area contributed by atoms with Crippen molar-refractivity contribution in [3.8, 4) is 9.88 Å². The second-order valence-electron chi connectivity index (χ2n) is 5.01. The van der Waals surface area contributed by atoms with Crippen LogP contribution in [-0.4, -0.2) is 29.9 Å². The van der Waals surface area contributed by atoms with Gasteiger partial charge in [-0.05, 0) is 23.6 Å². The van der Waals surface area contributed by atoms with Gasteiger partial charge in [-0.2, -0.15) is 0 Å². The molecule has 0 radical (unpaired) electrons. The molecule has 2 N–H and O–H groups in total. The van der Waals surface area contributed by atoms with E-state index in [9.17, 15) is 9.59 Å². The lowest BCUT2D eigenvalue weighted by atomic mass is 10.2. The summed E-state index contributed by atoms with van der Waals surface area (Å²) < 4.78 is 0. The van der Waals surface area contributed by atoms with Gasteiger partial charge in [0.25, 0.3) is 11.8 Å². The van der Waals surface area contributed by atoms with E-state index in [-0.39, 0.29) is 11.8 Å². The smallest absolute Gasteiger partial charge is 0.270 e. The van der Waals surface area contributed by atoms with Crippen molar-refractivity contribution in [2.24, 2.45) is 0 Å². The summed E-state index contributed by atoms with van der Waals surface area (Å²) >= 11 is 8.99. The molecular weight excluding hydrogens is 378 g/mol. The Bertz CT molecular complexity index is 878. The number of hydrogen-bond donors (Lipinski definition) is 2. The lowest BCUT2D eigenvalue weighted by Crippen LogP contribution is -2.34. The van der Waals surface area contributed by atoms with Gasteiger partial charge < -0.3 is 10.6 Å². The number of thiophene rings is 1. The first kappa shape index (κ1) is 17.6. The highest BCUT2D eigenvalue weighted by Crippen LogP contribution is 2.27. The summed E-state index contributed by atoms with van der Waals surface area (Å²) in [5.74, 6) is -0.528. The third-order valence-electron chi connectivity index (χ3n) is 3.28. The highest BCUT2D eigenvalue weighted by atomic mass is 35.5. The molecule has 25 heavy (non-hydrogen) atoms. The predicted octanol–water partition coefficient (Wildman–Crippen LogP) is 3.68. The summed E-state index contributed by atoms with van der Waals surface area (Å²) in [5, 5.41) is 10.4. The van der Waals surface area contributed by atoms with Gasteiger partial charge in [0.2, 0.25) is 0 Å². The van der Waals surface area contributed by atoms with Crippen LogP contribution in [0.25, 0.3) is 9.88 Å². The number of thiazole rings is 1. The molecule has 0 aliphatic rings. The van der Waals surface area contributed by atoms with Crippen LogP contribution in [0.5, 0.6) is 0 Å². The van der Waals surface area contributed by atoms with E-state index in [4.69, 9.17) is 11.6 Å². The summed E-state index contributed by atoms with van der Waals surface area (Å²) in [4.78, 5) is 29.5. The molecule has 5 nitrogen and oxygen atoms in total. The van der Waals surface area contributed by atoms with Crippen molar-refractivity contribution in [3.63, 3.8) is 0 Å². The molecule has 0 aliphatic heterocycles. The molecule has 2 amide bonds. The molecule has 3 aromatic rings. The van der Waals surface area contributed by atoms with Gasteiger partial charge in [-0.15, -0.1) is 22.7 Å². The Kier molecular flexibility index (Phi) is 5.80. The zero-order valence-corrected chi connectivity index (χ0v) is 15.4. The van der Waals surface area contributed by atoms with E-state index in [1.54, 1.807) is 41.0 Å². The van der Waals surface area contributed by atoms with E-state index in [1.165, 1.54) is 11.3 Å². The van der Waals surface area contributed by atoms with Gasteiger partial charge in [-0.25, -0.2) is 4.98 Å². The van der Waals surface area contributed by atoms with Crippen LogP contribution in [0.4, 0.5) is 0 Å². The van der Waals surface area contributed by atoms with Gasteiger partial charge in [0.15, 0.2) is 0 Å². The van der Waals surface area contributed by atoms with Gasteiger partial charge in [-0.1, -0.05) is 29.8 Å². The zero-order valence-electron chi connectivity index (χ0n) is 13.0. The van der Waals surface area contributed by atoms with Gasteiger partial charge in [0, 0.05) is 18.5 Å². The standard InChI is InChI=1S/C17H14ClN3O2S2/c18-12-5-2-1-4-11(12)15(22)19-7-8-20-16(23)13-10-25-17(21-13)14-6-3-9-24-14/h1-6,9-10H,7-8H2,(H,19,22)(H,20,23). The summed E-state index contributed by atoms with van der Waals surface area (Å²) in [6, 6.07) is 10.7. The highest BCUT2D eigenvalue weighted by molar-refractivity contribution is 7.20. The number of nitrogens with zero attached hydrogens (tertiary/aromatic N) is 1. The van der Waals surface area contributed by atoms with Gasteiger partial charge in [-0.3, -0.25) is 9.59 Å². The minimum Gasteiger partial charge on any atom is -0.350 e. The van der Waals surface area contributed by atoms with Crippen molar-refractivity contribution in [2.45, 2.75) is 0 Å². The SMILES string of the molecule is O=C(NCCNC(=O)c1ccccc1Cl)c1csc(-c2cccs2)n1. The van der Waals surface area contributed by atoms with Crippen molar-refractivity contribution < 1.29 is 9.59 Å². The normalized spacial score (nSPS) is 10.4. The van der Waals surface area contributed by atoms with Crippen LogP contribution in [-0.2, 0) is 0 Å². The fourth-order valence-corrected chi connectivity index (χ4v) is 3.91. The van der Waals surface area contributed by atoms with Gasteiger partial charge in [0.1, 0.15) is 10.7 Å². The Balaban J connectivity index is 1.47. The first-order chi connectivity index (χ1) is 12.1. The fourth-order valence-electron chi connectivity index (χ4n) is 2.07. The monoisotopic (exact) mass is 391 g/mol. The molecule has 2 aromatic heterocycles. The first-order valence-corrected chi connectivity index (χ1v) is 9.59. The van der Waals surface area contributed by atoms with Crippen LogP contribution >= 0.6 is 34.3 Å². The molecule has 0 atom stereocenters. The van der Waals surface area contributed by atoms with E-state index < -0.39 is 0 Å². The molecular formula is C17H14ClN3O2S2. The Morgan fingerprint density at radius 3 is 2.48 bits per heavy atom. The zero-order chi connectivity index (χ0) is 17.6. The number of benzene rings is 1. The molecule has 0 aliphatic carbocycles. The summed E-state index contributed by atoms with van der Waals surface area (Å²) in [6.45, 7) is 0.610. The molecule has 0 bridgehead atoms. The molecule has 0 saturated heterocycles. The maximum absolute atomic E-state index is 12.1. The second-order valence-corrected chi connectivity index (χ2v) is 7.22. The Morgan fingerprint density at radius 2 is 1.76 bits per heavy atom. The number of nitrogens with one attached hydrogen (secondary N) is 2. The number of carbonyl (C=O) groups is 2. The summed E-state index contributed by atoms with van der Waals surface area (Å²) in [7, 11) is 0. The van der Waals surface area contributed by atoms with Crippen molar-refractivity contribution in [1.29, 1.82) is 0 Å². The van der Waals surface area contributed by atoms with Crippen LogP contribution in [0.2, 0.25) is 5.02 Å². The third-order valence-corrected chi connectivity index (χ3v) is 5.49. The van der Waals surface area contributed by atoms with Crippen molar-refractivity contribution in [2.75, 3.05) is 13.1 Å². The Labute approximate surface area is 157 Å². The van der Waals surface area contributed by atoms with E-state index >= 15 is 0 Å². The quantitative estimate of drug-likeness (QED) is 0.629. The van der Waals surface area contributed by atoms with Crippen molar-refractivity contribution in [3.05, 3.63) is 63.4 Å². The lowest BCUT2D eigenvalue weighted by molar-refractivity contribution is 0.0925. The average Bonchev–Trinajstić information content (AvgIpc) is 3.29. The number of amides is 2. The van der Waals surface area contributed by atoms with Crippen molar-refractivity contribution in [1.82, 2.24) is 15.6 Å². The number of halogens is 1. The van der Waals surface area contributed by atoms with Gasteiger partial charge >= 0.3 is 0 Å². The minimum atomic E-state index is -0.270. The van der Waals surface area contributed by atoms with E-state index in [0.717, 1.165) is 9.88 Å². The van der Waals surface area contributed by atoms with Crippen LogP contribution in [0, 0.1) is 0 Å². The number of aromatic nitrogens is 1. The fraction of sp³-hybridized carbons (Fsp3) is 0.118. The largest absolute Gasteiger partial charge is 0.350 e. The molecule has 0 spiro atoms. The molecule has 3 rings (SSSR count). The van der Waals surface area contributed by atoms with Crippen LogP contribution in [0.1, 0.15) is 20.8 Å². The second kappa shape index (κ2) is 8.24. The molecule has 0 saturated carbocycles. The summed E-state index contributed by atoms with van der Waals surface area (Å²) in [6.07, 6.45) is 0. The molecule has 2 heterocycles. The Hall–Kier alpha value is -2.22. The van der Waals surface area contributed by atoms with E-state index in [2.05, 4.69) is 15.6 Å². The number of carbonyl (C=O) groups excluding carboxylic acids is 2. The highest BCUT2D eigenvalue weighted by Gasteiger charge is 2.12. The predicted molar refractivity (Wildman–Crippen MR) is 102 cm³/mol. The average molecular weight is 392 g/mol. The van der Waals surface area contributed by atoms with Crippen LogP contribution in [0.15, 0.2) is 47.2 Å². The first-order valence-electron chi connectivity index (χ1n) is 7.45. The number of rotatable bonds is 6. The summed E-state index contributed by atoms with van der Waals surface area (Å²) in [5.41, 5.74) is 0.793. The molecule has 0 fully saturated rings. The van der Waals surface area contributed by atoms with Crippen LogP contribution < -0.4 is 10.6 Å².